The number of esters is 1. The molecule has 22 heteroatoms. The number of phenolic OH excluding ortho intramolecular Hbond substituents is 1. The Hall–Kier alpha value is -7.10. The van der Waals surface area contributed by atoms with Gasteiger partial charge in [0.2, 0.25) is 47.3 Å². The van der Waals surface area contributed by atoms with Crippen molar-refractivity contribution in [3.63, 3.8) is 0 Å². The van der Waals surface area contributed by atoms with Crippen LogP contribution in [0, 0.1) is 17.8 Å². The molecule has 2 saturated heterocycles. The van der Waals surface area contributed by atoms with Gasteiger partial charge in [-0.25, -0.2) is 9.59 Å². The molecule has 418 valence electrons. The Morgan fingerprint density at radius 3 is 2.00 bits per heavy atom. The van der Waals surface area contributed by atoms with E-state index < -0.39 is 145 Å². The SMILES string of the molecule is CCCC(=O)N[C@@H](CC(C)C)C(=O)N[C@@H](CCC(=O)N[C@@H]1C(=O)N[C@@H](Cc2ccc(O)cc2)C(=O)N[C@H]2CC[C@@H](O)N(C2=O)[C@@H](C(C)C)C(=O)N(C)C(Cc2ccccc2)C(=O)N[C@@H]([C@@H](C)CC)C(=O)O[C@@H]1C)C(=O)O. The summed E-state index contributed by atoms with van der Waals surface area (Å²) in [5, 5.41) is 47.3. The fourth-order valence-corrected chi connectivity index (χ4v) is 9.19. The van der Waals surface area contributed by atoms with Gasteiger partial charge in [-0.1, -0.05) is 97.4 Å². The molecule has 2 bridgehead atoms. The van der Waals surface area contributed by atoms with E-state index in [1.165, 1.54) is 43.1 Å². The average molecular weight is 1060 g/mol. The number of hydrogen-bond acceptors (Lipinski definition) is 13. The summed E-state index contributed by atoms with van der Waals surface area (Å²) in [5.41, 5.74) is 1.07. The maximum atomic E-state index is 14.8. The molecule has 2 aliphatic rings. The van der Waals surface area contributed by atoms with Crippen molar-refractivity contribution in [2.75, 3.05) is 7.05 Å². The summed E-state index contributed by atoms with van der Waals surface area (Å²) in [6, 6.07) is 3.00. The Labute approximate surface area is 444 Å². The quantitative estimate of drug-likeness (QED) is 0.0903. The van der Waals surface area contributed by atoms with E-state index in [1.807, 2.05) is 13.8 Å². The number of carbonyl (C=O) groups is 10. The molecule has 22 nitrogen and oxygen atoms in total. The summed E-state index contributed by atoms with van der Waals surface area (Å²) < 4.78 is 5.93. The van der Waals surface area contributed by atoms with Crippen LogP contribution in [0.3, 0.4) is 0 Å². The largest absolute Gasteiger partial charge is 0.508 e. The lowest BCUT2D eigenvalue weighted by atomic mass is 9.93. The van der Waals surface area contributed by atoms with Gasteiger partial charge in [0.15, 0.2) is 0 Å². The molecule has 8 amide bonds. The summed E-state index contributed by atoms with van der Waals surface area (Å²) in [6.45, 7) is 13.5. The first-order chi connectivity index (χ1) is 35.9. The topological polar surface area (TPSA) is 319 Å². The Morgan fingerprint density at radius 1 is 0.763 bits per heavy atom. The van der Waals surface area contributed by atoms with Gasteiger partial charge in [0, 0.05) is 32.7 Å². The number of fused-ring (bicyclic) bond motifs is 2. The highest BCUT2D eigenvalue weighted by Gasteiger charge is 2.47. The number of nitrogens with one attached hydrogen (secondary N) is 6. The monoisotopic (exact) mass is 1060 g/mol. The van der Waals surface area contributed by atoms with Crippen LogP contribution in [-0.4, -0.2) is 152 Å². The summed E-state index contributed by atoms with van der Waals surface area (Å²) in [6.07, 6.45) is -3.47. The zero-order valence-corrected chi connectivity index (χ0v) is 45.0. The van der Waals surface area contributed by atoms with Gasteiger partial charge in [0.25, 0.3) is 0 Å². The number of piperidine rings is 1. The van der Waals surface area contributed by atoms with Crippen LogP contribution >= 0.6 is 0 Å². The zero-order chi connectivity index (χ0) is 56.6. The summed E-state index contributed by atoms with van der Waals surface area (Å²) in [7, 11) is 1.38. The van der Waals surface area contributed by atoms with E-state index in [0.717, 1.165) is 4.90 Å². The molecule has 0 aliphatic carbocycles. The minimum atomic E-state index is -1.81. The molecule has 2 heterocycles. The number of aliphatic hydroxyl groups excluding tert-OH is 1. The van der Waals surface area contributed by atoms with E-state index in [2.05, 4.69) is 31.9 Å². The number of rotatable bonds is 19. The second kappa shape index (κ2) is 28.7. The Balaban J connectivity index is 1.80. The fourth-order valence-electron chi connectivity index (χ4n) is 9.19. The van der Waals surface area contributed by atoms with Gasteiger partial charge in [0.1, 0.15) is 66.4 Å². The number of aliphatic carboxylic acids is 1. The Bertz CT molecular complexity index is 2370. The molecule has 2 aliphatic heterocycles. The number of amides is 8. The fraction of sp³-hybridized carbons (Fsp3) is 0.593. The van der Waals surface area contributed by atoms with Crippen molar-refractivity contribution in [2.45, 2.75) is 180 Å². The number of carbonyl (C=O) groups excluding carboxylic acids is 9. The standard InChI is InChI=1S/C54H78N8O14/c1-10-15-41(64)55-38(26-29(3)4)47(67)57-37(53(73)74)22-24-42(65)59-45-32(8)76-54(75)44(31(7)11-2)60-49(69)40(28-33-16-13-12-14-17-33)61(9)52(72)46(30(5)6)62-43(66)25-23-36(51(62)71)56-48(68)39(58-50(45)70)27-34-18-20-35(63)21-19-34/h12-14,16-21,29-32,36-40,43-46,63,66H,10-11,15,22-28H2,1-9H3,(H,55,64)(H,56,68)(H,57,67)(H,58,70)(H,59,65)(H,60,69)(H,73,74)/t31-,32+,36-,37-,38-,39-,40?,43+,44-,45-,46-/m0/s1. The normalized spacial score (nSPS) is 24.4. The maximum absolute atomic E-state index is 14.8. The van der Waals surface area contributed by atoms with Crippen molar-refractivity contribution in [3.05, 3.63) is 65.7 Å². The van der Waals surface area contributed by atoms with Gasteiger partial charge >= 0.3 is 11.9 Å². The lowest BCUT2D eigenvalue weighted by Gasteiger charge is -2.44. The predicted molar refractivity (Wildman–Crippen MR) is 277 cm³/mol. The van der Waals surface area contributed by atoms with Crippen LogP contribution in [0.5, 0.6) is 5.75 Å². The lowest BCUT2D eigenvalue weighted by molar-refractivity contribution is -0.167. The molecule has 4 rings (SSSR count). The second-order valence-electron chi connectivity index (χ2n) is 20.6. The molecule has 0 radical (unpaired) electrons. The van der Waals surface area contributed by atoms with Crippen LogP contribution < -0.4 is 31.9 Å². The average Bonchev–Trinajstić information content (AvgIpc) is 3.36. The summed E-state index contributed by atoms with van der Waals surface area (Å²) in [5.74, 6) is -10.3. The number of benzene rings is 2. The van der Waals surface area contributed by atoms with E-state index >= 15 is 0 Å². The van der Waals surface area contributed by atoms with Gasteiger partial charge in [-0.15, -0.1) is 0 Å². The highest BCUT2D eigenvalue weighted by atomic mass is 16.5. The number of hydrogen-bond donors (Lipinski definition) is 9. The number of carboxylic acids is 1. The van der Waals surface area contributed by atoms with Crippen LogP contribution in [0.4, 0.5) is 0 Å². The third kappa shape index (κ3) is 17.2. The molecular formula is C54H78N8O14. The van der Waals surface area contributed by atoms with Gasteiger partial charge in [-0.05, 0) is 80.0 Å². The summed E-state index contributed by atoms with van der Waals surface area (Å²) >= 11 is 0. The molecule has 2 fully saturated rings. The number of ether oxygens (including phenoxy) is 1. The predicted octanol–water partition coefficient (Wildman–Crippen LogP) is 1.58. The molecular weight excluding hydrogens is 985 g/mol. The minimum absolute atomic E-state index is 0.0508. The minimum Gasteiger partial charge on any atom is -0.508 e. The highest BCUT2D eigenvalue weighted by molar-refractivity contribution is 5.98. The number of carboxylic acid groups (broad SMARTS) is 1. The highest BCUT2D eigenvalue weighted by Crippen LogP contribution is 2.27. The van der Waals surface area contributed by atoms with E-state index in [-0.39, 0.29) is 50.2 Å². The number of nitrogens with zero attached hydrogens (tertiary/aromatic N) is 2. The van der Waals surface area contributed by atoms with E-state index in [4.69, 9.17) is 4.74 Å². The van der Waals surface area contributed by atoms with Gasteiger partial charge in [-0.2, -0.15) is 0 Å². The number of aliphatic hydroxyl groups is 1. The Morgan fingerprint density at radius 2 is 1.41 bits per heavy atom. The number of aromatic hydroxyl groups is 1. The van der Waals surface area contributed by atoms with Crippen LogP contribution in [0.15, 0.2) is 54.6 Å². The van der Waals surface area contributed by atoms with Crippen molar-refractivity contribution >= 4 is 59.2 Å². The van der Waals surface area contributed by atoms with Gasteiger partial charge < -0.3 is 61.8 Å². The molecule has 2 aromatic carbocycles. The summed E-state index contributed by atoms with van der Waals surface area (Å²) in [4.78, 5) is 142. The van der Waals surface area contributed by atoms with Crippen molar-refractivity contribution in [2.24, 2.45) is 17.8 Å². The zero-order valence-electron chi connectivity index (χ0n) is 45.0. The molecule has 0 spiro atoms. The van der Waals surface area contributed by atoms with Crippen LogP contribution in [0.1, 0.15) is 118 Å². The molecule has 2 aromatic rings. The van der Waals surface area contributed by atoms with Crippen LogP contribution in [-0.2, 0) is 65.5 Å². The Kier molecular flexibility index (Phi) is 23.2. The number of likely N-dealkylation sites (N-methyl/N-ethyl adjacent to an activating group) is 1. The molecule has 11 atom stereocenters. The third-order valence-corrected chi connectivity index (χ3v) is 13.7. The first kappa shape index (κ1) is 61.4. The lowest BCUT2D eigenvalue weighted by Crippen LogP contribution is -2.66. The molecule has 76 heavy (non-hydrogen) atoms. The van der Waals surface area contributed by atoms with Crippen molar-refractivity contribution < 1.29 is 68.0 Å². The van der Waals surface area contributed by atoms with Crippen molar-refractivity contribution in [1.82, 2.24) is 41.7 Å². The smallest absolute Gasteiger partial charge is 0.329 e. The van der Waals surface area contributed by atoms with E-state index in [1.54, 1.807) is 65.0 Å². The molecule has 0 saturated carbocycles. The number of phenols is 1. The second-order valence-corrected chi connectivity index (χ2v) is 20.6. The first-order valence-corrected chi connectivity index (χ1v) is 26.2. The number of cyclic esters (lactones) is 1. The first-order valence-electron chi connectivity index (χ1n) is 26.2. The molecule has 0 aromatic heterocycles. The molecule has 9 N–H and O–H groups in total. The van der Waals surface area contributed by atoms with Crippen molar-refractivity contribution in [1.29, 1.82) is 0 Å². The van der Waals surface area contributed by atoms with Gasteiger partial charge in [-0.3, -0.25) is 38.4 Å². The molecule has 1 unspecified atom stereocenters. The van der Waals surface area contributed by atoms with Gasteiger partial charge in [0.05, 0.1) is 0 Å². The van der Waals surface area contributed by atoms with Crippen molar-refractivity contribution in [3.8, 4) is 5.75 Å². The van der Waals surface area contributed by atoms with Crippen LogP contribution in [0.25, 0.3) is 0 Å². The van der Waals surface area contributed by atoms with E-state index in [9.17, 15) is 63.3 Å². The maximum Gasteiger partial charge on any atom is 0.329 e. The third-order valence-electron chi connectivity index (χ3n) is 13.7. The van der Waals surface area contributed by atoms with E-state index in [0.29, 0.717) is 24.0 Å². The van der Waals surface area contributed by atoms with Crippen LogP contribution in [0.2, 0.25) is 0 Å².